The summed E-state index contributed by atoms with van der Waals surface area (Å²) in [6.07, 6.45) is 1.86. The van der Waals surface area contributed by atoms with Crippen LogP contribution < -0.4 is 31.1 Å². The van der Waals surface area contributed by atoms with Gasteiger partial charge in [-0.25, -0.2) is 4.79 Å². The van der Waals surface area contributed by atoms with Gasteiger partial charge in [-0.05, 0) is 74.2 Å². The van der Waals surface area contributed by atoms with E-state index in [1.807, 2.05) is 36.6 Å². The van der Waals surface area contributed by atoms with Gasteiger partial charge in [0.05, 0.1) is 18.0 Å². The van der Waals surface area contributed by atoms with E-state index in [9.17, 15) is 14.4 Å². The van der Waals surface area contributed by atoms with Crippen LogP contribution in [0.1, 0.15) is 48.7 Å². The van der Waals surface area contributed by atoms with Gasteiger partial charge in [0.25, 0.3) is 11.5 Å². The predicted octanol–water partition coefficient (Wildman–Crippen LogP) is 4.65. The Kier molecular flexibility index (Phi) is 7.86. The zero-order valence-corrected chi connectivity index (χ0v) is 22.4. The van der Waals surface area contributed by atoms with E-state index in [4.69, 9.17) is 4.74 Å². The van der Waals surface area contributed by atoms with Crippen molar-refractivity contribution in [2.45, 2.75) is 39.2 Å². The van der Waals surface area contributed by atoms with Crippen molar-refractivity contribution in [1.82, 2.24) is 9.88 Å². The Morgan fingerprint density at radius 1 is 0.974 bits per heavy atom. The second kappa shape index (κ2) is 11.6. The highest BCUT2D eigenvalue weighted by Crippen LogP contribution is 2.39. The molecule has 3 amide bonds. The van der Waals surface area contributed by atoms with Crippen molar-refractivity contribution in [2.75, 3.05) is 41.8 Å². The minimum absolute atomic E-state index is 0.0476. The van der Waals surface area contributed by atoms with Crippen LogP contribution in [0.15, 0.2) is 65.5 Å². The van der Waals surface area contributed by atoms with Crippen molar-refractivity contribution >= 4 is 29.0 Å². The average Bonchev–Trinajstić information content (AvgIpc) is 2.93. The molecule has 2 bridgehead atoms. The molecule has 204 valence electrons. The molecule has 9 heteroatoms. The van der Waals surface area contributed by atoms with Gasteiger partial charge in [-0.2, -0.15) is 0 Å². The molecule has 0 spiro atoms. The SMILES string of the molecule is CCCNC(=O)c1ccc(N2C[C@H]3C[C@@H](C2)c2cccc(=O)n2C3)c(NC(=O)Nc2ccc(OCC)cc2)c1. The Labute approximate surface area is 228 Å². The quantitative estimate of drug-likeness (QED) is 0.394. The molecule has 1 fully saturated rings. The molecule has 0 unspecified atom stereocenters. The first-order valence-corrected chi connectivity index (χ1v) is 13.6. The lowest BCUT2D eigenvalue weighted by atomic mass is 9.83. The summed E-state index contributed by atoms with van der Waals surface area (Å²) in [7, 11) is 0. The van der Waals surface area contributed by atoms with Gasteiger partial charge >= 0.3 is 6.03 Å². The van der Waals surface area contributed by atoms with E-state index in [1.165, 1.54) is 0 Å². The monoisotopic (exact) mass is 529 g/mol. The van der Waals surface area contributed by atoms with E-state index in [2.05, 4.69) is 20.9 Å². The normalized spacial score (nSPS) is 17.6. The van der Waals surface area contributed by atoms with Gasteiger partial charge in [-0.15, -0.1) is 0 Å². The number of nitrogens with one attached hydrogen (secondary N) is 3. The van der Waals surface area contributed by atoms with Gasteiger partial charge in [-0.1, -0.05) is 13.0 Å². The van der Waals surface area contributed by atoms with Gasteiger partial charge in [0.15, 0.2) is 0 Å². The number of benzene rings is 2. The van der Waals surface area contributed by atoms with Gasteiger partial charge in [0, 0.05) is 55.1 Å². The number of carbonyl (C=O) groups excluding carboxylic acids is 2. The van der Waals surface area contributed by atoms with Gasteiger partial charge < -0.3 is 30.2 Å². The number of nitrogens with zero attached hydrogens (tertiary/aromatic N) is 2. The smallest absolute Gasteiger partial charge is 0.323 e. The van der Waals surface area contributed by atoms with Gasteiger partial charge in [0.2, 0.25) is 0 Å². The molecule has 39 heavy (non-hydrogen) atoms. The van der Waals surface area contributed by atoms with E-state index in [0.29, 0.717) is 42.6 Å². The maximum atomic E-state index is 13.1. The zero-order chi connectivity index (χ0) is 27.4. The molecule has 0 saturated carbocycles. The maximum absolute atomic E-state index is 13.1. The molecular formula is C30H35N5O4. The van der Waals surface area contributed by atoms with E-state index in [0.717, 1.165) is 43.1 Å². The third-order valence-electron chi connectivity index (χ3n) is 7.29. The zero-order valence-electron chi connectivity index (χ0n) is 22.4. The largest absolute Gasteiger partial charge is 0.494 e. The van der Waals surface area contributed by atoms with Crippen molar-refractivity contribution in [1.29, 1.82) is 0 Å². The number of fused-ring (bicyclic) bond motifs is 4. The van der Waals surface area contributed by atoms with Crippen LogP contribution in [-0.2, 0) is 6.54 Å². The molecular weight excluding hydrogens is 494 g/mol. The average molecular weight is 530 g/mol. The maximum Gasteiger partial charge on any atom is 0.323 e. The minimum Gasteiger partial charge on any atom is -0.494 e. The van der Waals surface area contributed by atoms with Crippen molar-refractivity contribution in [3.63, 3.8) is 0 Å². The van der Waals surface area contributed by atoms with Gasteiger partial charge in [-0.3, -0.25) is 9.59 Å². The number of pyridine rings is 1. The van der Waals surface area contributed by atoms with Crippen LogP contribution in [0.3, 0.4) is 0 Å². The lowest BCUT2D eigenvalue weighted by Gasteiger charge is -2.44. The molecule has 9 nitrogen and oxygen atoms in total. The standard InChI is InChI=1S/C30H35N5O4/c1-3-14-31-29(37)21-8-13-27(25(16-21)33-30(38)32-23-9-11-24(12-10-23)39-4-2)34-17-20-15-22(19-34)26-6-5-7-28(36)35(26)18-20/h5-13,16,20,22H,3-4,14-15,17-19H2,1-2H3,(H,31,37)(H2,32,33,38)/t20-,22+/m1/s1. The summed E-state index contributed by atoms with van der Waals surface area (Å²) in [5, 5.41) is 8.76. The van der Waals surface area contributed by atoms with E-state index in [-0.39, 0.29) is 17.4 Å². The number of piperidine rings is 1. The van der Waals surface area contributed by atoms with Crippen LogP contribution in [0.5, 0.6) is 5.75 Å². The number of ether oxygens (including phenoxy) is 1. The summed E-state index contributed by atoms with van der Waals surface area (Å²) in [6, 6.07) is 17.7. The molecule has 2 aliphatic heterocycles. The van der Waals surface area contributed by atoms with Crippen molar-refractivity contribution in [2.24, 2.45) is 5.92 Å². The van der Waals surface area contributed by atoms with E-state index in [1.54, 1.807) is 42.5 Å². The third kappa shape index (κ3) is 5.92. The second-order valence-electron chi connectivity index (χ2n) is 10.1. The number of carbonyl (C=O) groups is 2. The summed E-state index contributed by atoms with van der Waals surface area (Å²) >= 11 is 0. The molecule has 2 atom stereocenters. The first-order chi connectivity index (χ1) is 18.9. The van der Waals surface area contributed by atoms with Crippen LogP contribution >= 0.6 is 0 Å². The lowest BCUT2D eigenvalue weighted by Crippen LogP contribution is -2.47. The van der Waals surface area contributed by atoms with Crippen LogP contribution in [0.25, 0.3) is 0 Å². The summed E-state index contributed by atoms with van der Waals surface area (Å²) in [5.74, 6) is 1.08. The molecule has 1 saturated heterocycles. The number of hydrogen-bond acceptors (Lipinski definition) is 5. The van der Waals surface area contributed by atoms with E-state index < -0.39 is 6.03 Å². The third-order valence-corrected chi connectivity index (χ3v) is 7.29. The fourth-order valence-corrected chi connectivity index (χ4v) is 5.57. The molecule has 3 heterocycles. The number of amides is 3. The Hall–Kier alpha value is -4.27. The first kappa shape index (κ1) is 26.3. The number of anilines is 3. The number of hydrogen-bond donors (Lipinski definition) is 3. The Morgan fingerprint density at radius 3 is 2.56 bits per heavy atom. The molecule has 5 rings (SSSR count). The van der Waals surface area contributed by atoms with Crippen molar-refractivity contribution in [3.05, 3.63) is 82.3 Å². The number of rotatable bonds is 8. The lowest BCUT2D eigenvalue weighted by molar-refractivity contribution is 0.0953. The minimum atomic E-state index is -0.402. The number of aromatic nitrogens is 1. The Morgan fingerprint density at radius 2 is 1.79 bits per heavy atom. The number of urea groups is 1. The van der Waals surface area contributed by atoms with Crippen molar-refractivity contribution < 1.29 is 14.3 Å². The van der Waals surface area contributed by atoms with Crippen LogP contribution in [0.2, 0.25) is 0 Å². The highest BCUT2D eigenvalue weighted by molar-refractivity contribution is 6.04. The molecule has 2 aromatic carbocycles. The summed E-state index contributed by atoms with van der Waals surface area (Å²) < 4.78 is 7.38. The molecule has 2 aliphatic rings. The van der Waals surface area contributed by atoms with Crippen LogP contribution in [0.4, 0.5) is 21.9 Å². The molecule has 0 aliphatic carbocycles. The topological polar surface area (TPSA) is 105 Å². The summed E-state index contributed by atoms with van der Waals surface area (Å²) in [5.41, 5.74) is 3.63. The Bertz CT molecular complexity index is 1400. The van der Waals surface area contributed by atoms with E-state index >= 15 is 0 Å². The van der Waals surface area contributed by atoms with Gasteiger partial charge in [0.1, 0.15) is 5.75 Å². The Balaban J connectivity index is 1.40. The highest BCUT2D eigenvalue weighted by Gasteiger charge is 2.35. The summed E-state index contributed by atoms with van der Waals surface area (Å²) in [4.78, 5) is 40.5. The molecule has 1 aromatic heterocycles. The fourth-order valence-electron chi connectivity index (χ4n) is 5.57. The molecule has 0 radical (unpaired) electrons. The van der Waals surface area contributed by atoms with Crippen molar-refractivity contribution in [3.8, 4) is 5.75 Å². The highest BCUT2D eigenvalue weighted by atomic mass is 16.5. The second-order valence-corrected chi connectivity index (χ2v) is 10.1. The molecule has 3 aromatic rings. The fraction of sp³-hybridized carbons (Fsp3) is 0.367. The van der Waals surface area contributed by atoms with Crippen LogP contribution in [0, 0.1) is 5.92 Å². The first-order valence-electron chi connectivity index (χ1n) is 13.6. The molecule has 3 N–H and O–H groups in total. The van der Waals surface area contributed by atoms with Crippen LogP contribution in [-0.4, -0.2) is 42.7 Å². The predicted molar refractivity (Wildman–Crippen MR) is 153 cm³/mol. The summed E-state index contributed by atoms with van der Waals surface area (Å²) in [6.45, 7) is 7.22.